The van der Waals surface area contributed by atoms with Crippen LogP contribution < -0.4 is 0 Å². The van der Waals surface area contributed by atoms with E-state index in [9.17, 15) is 0 Å². The molecule has 0 atom stereocenters. The summed E-state index contributed by atoms with van der Waals surface area (Å²) in [6.07, 6.45) is 0. The molecule has 0 unspecified atom stereocenters. The lowest BCUT2D eigenvalue weighted by molar-refractivity contribution is 0.285. The highest BCUT2D eigenvalue weighted by Crippen LogP contribution is 2.17. The van der Waals surface area contributed by atoms with Gasteiger partial charge in [-0.05, 0) is 48.0 Å². The summed E-state index contributed by atoms with van der Waals surface area (Å²) in [5.41, 5.74) is 2.72. The van der Waals surface area contributed by atoms with Gasteiger partial charge in [-0.2, -0.15) is 0 Å². The maximum absolute atomic E-state index is 5.58. The van der Waals surface area contributed by atoms with Crippen molar-refractivity contribution in [3.05, 3.63) is 47.4 Å². The number of hydrogen-bond acceptors (Lipinski definition) is 5. The van der Waals surface area contributed by atoms with E-state index in [1.165, 1.54) is 0 Å². The van der Waals surface area contributed by atoms with E-state index >= 15 is 0 Å². The van der Waals surface area contributed by atoms with Crippen molar-refractivity contribution in [2.24, 2.45) is 0 Å². The van der Waals surface area contributed by atoms with Crippen LogP contribution in [0.1, 0.15) is 17.1 Å². The van der Waals surface area contributed by atoms with Crippen LogP contribution in [0.4, 0.5) is 0 Å². The standard InChI is InChI=1S/C14H15N3O2/c1-10-6-7-12(18-10)9-17(2)8-11-4-3-5-13-14(11)16-19-15-13/h3-7H,8-9H2,1-2H3. The van der Waals surface area contributed by atoms with E-state index in [0.717, 1.165) is 41.2 Å². The monoisotopic (exact) mass is 257 g/mol. The number of aryl methyl sites for hydroxylation is 1. The van der Waals surface area contributed by atoms with Crippen molar-refractivity contribution in [3.8, 4) is 0 Å². The van der Waals surface area contributed by atoms with Gasteiger partial charge in [-0.25, -0.2) is 4.63 Å². The highest BCUT2D eigenvalue weighted by Gasteiger charge is 2.10. The third kappa shape index (κ3) is 2.51. The molecule has 0 saturated heterocycles. The van der Waals surface area contributed by atoms with Gasteiger partial charge < -0.3 is 4.42 Å². The molecule has 1 aromatic carbocycles. The van der Waals surface area contributed by atoms with Crippen LogP contribution in [0.5, 0.6) is 0 Å². The van der Waals surface area contributed by atoms with Crippen molar-refractivity contribution < 1.29 is 9.05 Å². The van der Waals surface area contributed by atoms with Gasteiger partial charge in [-0.3, -0.25) is 4.90 Å². The zero-order chi connectivity index (χ0) is 13.2. The van der Waals surface area contributed by atoms with E-state index in [1.54, 1.807) is 0 Å². The molecule has 5 nitrogen and oxygen atoms in total. The summed E-state index contributed by atoms with van der Waals surface area (Å²) in [5.74, 6) is 1.90. The first-order valence-electron chi connectivity index (χ1n) is 6.16. The van der Waals surface area contributed by atoms with Crippen LogP contribution in [-0.4, -0.2) is 22.3 Å². The number of rotatable bonds is 4. The maximum atomic E-state index is 5.58. The predicted octanol–water partition coefficient (Wildman–Crippen LogP) is 2.76. The molecule has 0 spiro atoms. The molecule has 3 aromatic rings. The predicted molar refractivity (Wildman–Crippen MR) is 70.4 cm³/mol. The maximum Gasteiger partial charge on any atom is 0.139 e. The molecular formula is C14H15N3O2. The molecule has 3 rings (SSSR count). The first-order chi connectivity index (χ1) is 9.22. The summed E-state index contributed by atoms with van der Waals surface area (Å²) >= 11 is 0. The van der Waals surface area contributed by atoms with E-state index in [-0.39, 0.29) is 0 Å². The SMILES string of the molecule is Cc1ccc(CN(C)Cc2cccc3nonc23)o1. The van der Waals surface area contributed by atoms with Gasteiger partial charge in [-0.15, -0.1) is 0 Å². The van der Waals surface area contributed by atoms with E-state index < -0.39 is 0 Å². The zero-order valence-electron chi connectivity index (χ0n) is 11.0. The molecule has 2 aromatic heterocycles. The molecule has 0 fully saturated rings. The molecular weight excluding hydrogens is 242 g/mol. The average molecular weight is 257 g/mol. The summed E-state index contributed by atoms with van der Waals surface area (Å²) in [5, 5.41) is 7.80. The van der Waals surface area contributed by atoms with Gasteiger partial charge in [0, 0.05) is 6.54 Å². The lowest BCUT2D eigenvalue weighted by Crippen LogP contribution is -2.17. The van der Waals surface area contributed by atoms with Gasteiger partial charge >= 0.3 is 0 Å². The lowest BCUT2D eigenvalue weighted by atomic mass is 10.1. The van der Waals surface area contributed by atoms with Crippen molar-refractivity contribution in [1.29, 1.82) is 0 Å². The topological polar surface area (TPSA) is 55.3 Å². The average Bonchev–Trinajstić information content (AvgIpc) is 2.98. The van der Waals surface area contributed by atoms with Gasteiger partial charge in [0.05, 0.1) is 6.54 Å². The fourth-order valence-electron chi connectivity index (χ4n) is 2.17. The Morgan fingerprint density at radius 2 is 2.00 bits per heavy atom. The smallest absolute Gasteiger partial charge is 0.139 e. The molecule has 0 bridgehead atoms. The van der Waals surface area contributed by atoms with Crippen molar-refractivity contribution in [2.75, 3.05) is 7.05 Å². The minimum absolute atomic E-state index is 0.759. The van der Waals surface area contributed by atoms with Crippen LogP contribution >= 0.6 is 0 Å². The minimum Gasteiger partial charge on any atom is -0.465 e. The lowest BCUT2D eigenvalue weighted by Gasteiger charge is -2.15. The first-order valence-corrected chi connectivity index (χ1v) is 6.16. The Hall–Kier alpha value is -2.14. The van der Waals surface area contributed by atoms with Gasteiger partial charge in [0.1, 0.15) is 22.6 Å². The number of aromatic nitrogens is 2. The van der Waals surface area contributed by atoms with E-state index in [4.69, 9.17) is 9.05 Å². The zero-order valence-corrected chi connectivity index (χ0v) is 11.0. The van der Waals surface area contributed by atoms with E-state index in [1.807, 2.05) is 44.3 Å². The fraction of sp³-hybridized carbons (Fsp3) is 0.286. The third-order valence-corrected chi connectivity index (χ3v) is 3.03. The van der Waals surface area contributed by atoms with Crippen LogP contribution in [0.2, 0.25) is 0 Å². The second kappa shape index (κ2) is 4.85. The van der Waals surface area contributed by atoms with Crippen molar-refractivity contribution in [1.82, 2.24) is 15.2 Å². The largest absolute Gasteiger partial charge is 0.465 e. The number of hydrogen-bond donors (Lipinski definition) is 0. The summed E-state index contributed by atoms with van der Waals surface area (Å²) in [6.45, 7) is 3.48. The fourth-order valence-corrected chi connectivity index (χ4v) is 2.17. The highest BCUT2D eigenvalue weighted by atomic mass is 16.6. The Labute approximate surface area is 110 Å². The Bertz CT molecular complexity index is 687. The summed E-state index contributed by atoms with van der Waals surface area (Å²) < 4.78 is 10.3. The van der Waals surface area contributed by atoms with E-state index in [2.05, 4.69) is 15.2 Å². The van der Waals surface area contributed by atoms with Crippen molar-refractivity contribution in [2.45, 2.75) is 20.0 Å². The summed E-state index contributed by atoms with van der Waals surface area (Å²) in [4.78, 5) is 2.17. The molecule has 0 aliphatic rings. The second-order valence-corrected chi connectivity index (χ2v) is 4.73. The highest BCUT2D eigenvalue weighted by molar-refractivity contribution is 5.76. The Morgan fingerprint density at radius 1 is 1.11 bits per heavy atom. The minimum atomic E-state index is 0.759. The number of fused-ring (bicyclic) bond motifs is 1. The molecule has 2 heterocycles. The van der Waals surface area contributed by atoms with Crippen molar-refractivity contribution >= 4 is 11.0 Å². The Kier molecular flexibility index (Phi) is 3.05. The molecule has 19 heavy (non-hydrogen) atoms. The van der Waals surface area contributed by atoms with Crippen LogP contribution in [0.25, 0.3) is 11.0 Å². The first kappa shape index (κ1) is 11.9. The summed E-state index contributed by atoms with van der Waals surface area (Å²) in [6, 6.07) is 9.88. The van der Waals surface area contributed by atoms with Gasteiger partial charge in [0.25, 0.3) is 0 Å². The molecule has 5 heteroatoms. The molecule has 0 aliphatic carbocycles. The molecule has 0 amide bonds. The number of nitrogens with zero attached hydrogens (tertiary/aromatic N) is 3. The van der Waals surface area contributed by atoms with Crippen LogP contribution in [-0.2, 0) is 13.1 Å². The van der Waals surface area contributed by atoms with Gasteiger partial charge in [0.2, 0.25) is 0 Å². The number of benzene rings is 1. The van der Waals surface area contributed by atoms with Crippen LogP contribution in [0.3, 0.4) is 0 Å². The molecule has 98 valence electrons. The number of furan rings is 1. The van der Waals surface area contributed by atoms with Crippen LogP contribution in [0.15, 0.2) is 39.4 Å². The van der Waals surface area contributed by atoms with E-state index in [0.29, 0.717) is 0 Å². The third-order valence-electron chi connectivity index (χ3n) is 3.03. The normalized spacial score (nSPS) is 11.5. The van der Waals surface area contributed by atoms with Gasteiger partial charge in [0.15, 0.2) is 0 Å². The van der Waals surface area contributed by atoms with Gasteiger partial charge in [-0.1, -0.05) is 12.1 Å². The molecule has 0 saturated carbocycles. The molecule has 0 N–H and O–H groups in total. The second-order valence-electron chi connectivity index (χ2n) is 4.73. The summed E-state index contributed by atoms with van der Waals surface area (Å²) in [7, 11) is 2.05. The molecule has 0 radical (unpaired) electrons. The Morgan fingerprint density at radius 3 is 2.79 bits per heavy atom. The van der Waals surface area contributed by atoms with Crippen molar-refractivity contribution in [3.63, 3.8) is 0 Å². The quantitative estimate of drug-likeness (QED) is 0.719. The van der Waals surface area contributed by atoms with Crippen LogP contribution in [0, 0.1) is 6.92 Å². The molecule has 0 aliphatic heterocycles. The Balaban J connectivity index is 1.75.